The lowest BCUT2D eigenvalue weighted by Gasteiger charge is -1.98. The lowest BCUT2D eigenvalue weighted by molar-refractivity contribution is 0.317. The van der Waals surface area contributed by atoms with Crippen LogP contribution in [0.15, 0.2) is 12.2 Å². The quantitative estimate of drug-likeness (QED) is 0.350. The fourth-order valence-electron chi connectivity index (χ4n) is 1.16. The van der Waals surface area contributed by atoms with Gasteiger partial charge in [-0.05, 0) is 25.7 Å². The first-order valence-corrected chi connectivity index (χ1v) is 7.37. The van der Waals surface area contributed by atoms with Crippen molar-refractivity contribution in [3.8, 4) is 0 Å². The fraction of sp³-hybridized carbons (Fsp3) is 0.818. The molecule has 0 N–H and O–H groups in total. The van der Waals surface area contributed by atoms with E-state index in [2.05, 4.69) is 23.3 Å². The van der Waals surface area contributed by atoms with E-state index in [4.69, 9.17) is 0 Å². The average molecular weight is 234 g/mol. The summed E-state index contributed by atoms with van der Waals surface area (Å²) in [5, 5.41) is 0. The molecular weight excluding hydrogens is 212 g/mol. The Hall–Kier alpha value is -0.350. The number of hydrogen-bond acceptors (Lipinski definition) is 3. The third-order valence-electron chi connectivity index (χ3n) is 1.95. The van der Waals surface area contributed by atoms with Gasteiger partial charge in [0.2, 0.25) is 0 Å². The monoisotopic (exact) mass is 234 g/mol. The average Bonchev–Trinajstić information content (AvgIpc) is 2.14. The Labute approximate surface area is 93.6 Å². The van der Waals surface area contributed by atoms with Crippen molar-refractivity contribution in [1.82, 2.24) is 0 Å². The normalized spacial score (nSPS) is 12.4. The van der Waals surface area contributed by atoms with E-state index in [1.807, 2.05) is 0 Å². The first-order chi connectivity index (χ1) is 7.06. The zero-order valence-electron chi connectivity index (χ0n) is 9.74. The van der Waals surface area contributed by atoms with Gasteiger partial charge in [0.25, 0.3) is 10.1 Å². The molecule has 0 heterocycles. The standard InChI is InChI=1S/C11H22O3S/c1-3-4-5-6-7-8-9-10-11-14-15(2,12)13/h7-8H,3-6,9-11H2,1-2H3/b8-7-. The topological polar surface area (TPSA) is 43.4 Å². The smallest absolute Gasteiger partial charge is 0.264 e. The van der Waals surface area contributed by atoms with E-state index in [1.165, 1.54) is 19.3 Å². The Kier molecular flexibility index (Phi) is 8.71. The second-order valence-corrected chi connectivity index (χ2v) is 5.28. The molecule has 0 fully saturated rings. The van der Waals surface area contributed by atoms with E-state index in [1.54, 1.807) is 0 Å². The van der Waals surface area contributed by atoms with Gasteiger partial charge in [0, 0.05) is 0 Å². The summed E-state index contributed by atoms with van der Waals surface area (Å²) in [7, 11) is -3.25. The Balaban J connectivity index is 3.24. The molecule has 0 aromatic carbocycles. The molecule has 0 amide bonds. The lowest BCUT2D eigenvalue weighted by Crippen LogP contribution is -2.03. The minimum Gasteiger partial charge on any atom is -0.270 e. The Morgan fingerprint density at radius 3 is 2.20 bits per heavy atom. The van der Waals surface area contributed by atoms with Crippen LogP contribution in [0.2, 0.25) is 0 Å². The van der Waals surface area contributed by atoms with E-state index in [-0.39, 0.29) is 6.61 Å². The van der Waals surface area contributed by atoms with Crippen molar-refractivity contribution in [3.05, 3.63) is 12.2 Å². The molecule has 0 aromatic rings. The second-order valence-electron chi connectivity index (χ2n) is 3.64. The highest BCUT2D eigenvalue weighted by Crippen LogP contribution is 2.01. The van der Waals surface area contributed by atoms with Crippen LogP contribution in [0.3, 0.4) is 0 Å². The van der Waals surface area contributed by atoms with Gasteiger partial charge in [-0.25, -0.2) is 0 Å². The number of allylic oxidation sites excluding steroid dienone is 2. The Bertz CT molecular complexity index is 255. The molecule has 3 nitrogen and oxygen atoms in total. The molecule has 0 saturated carbocycles. The SMILES string of the molecule is CCCCC/C=C\CCCOS(C)(=O)=O. The third-order valence-corrected chi connectivity index (χ3v) is 2.55. The maximum atomic E-state index is 10.6. The van der Waals surface area contributed by atoms with Gasteiger partial charge in [0.15, 0.2) is 0 Å². The van der Waals surface area contributed by atoms with Gasteiger partial charge in [0.05, 0.1) is 12.9 Å². The van der Waals surface area contributed by atoms with Gasteiger partial charge in [-0.3, -0.25) is 4.18 Å². The summed E-state index contributed by atoms with van der Waals surface area (Å²) in [6.07, 6.45) is 11.9. The molecule has 0 aliphatic carbocycles. The summed E-state index contributed by atoms with van der Waals surface area (Å²) in [6.45, 7) is 2.48. The summed E-state index contributed by atoms with van der Waals surface area (Å²) in [5.41, 5.74) is 0. The van der Waals surface area contributed by atoms with Crippen molar-refractivity contribution in [2.45, 2.75) is 45.4 Å². The van der Waals surface area contributed by atoms with Crippen LogP contribution < -0.4 is 0 Å². The Morgan fingerprint density at radius 2 is 1.67 bits per heavy atom. The minimum atomic E-state index is -3.25. The number of rotatable bonds is 9. The van der Waals surface area contributed by atoms with Crippen LogP contribution in [0, 0.1) is 0 Å². The van der Waals surface area contributed by atoms with Crippen LogP contribution >= 0.6 is 0 Å². The van der Waals surface area contributed by atoms with Crippen molar-refractivity contribution in [2.24, 2.45) is 0 Å². The van der Waals surface area contributed by atoms with Gasteiger partial charge in [0.1, 0.15) is 0 Å². The molecule has 0 aliphatic heterocycles. The molecule has 0 unspecified atom stereocenters. The maximum Gasteiger partial charge on any atom is 0.264 e. The van der Waals surface area contributed by atoms with Crippen LogP contribution in [0.1, 0.15) is 45.4 Å². The molecule has 4 heteroatoms. The number of hydrogen-bond donors (Lipinski definition) is 0. The summed E-state index contributed by atoms with van der Waals surface area (Å²) in [6, 6.07) is 0. The molecule has 0 bridgehead atoms. The zero-order valence-corrected chi connectivity index (χ0v) is 10.6. The van der Waals surface area contributed by atoms with Crippen LogP contribution in [0.25, 0.3) is 0 Å². The molecule has 0 aromatic heterocycles. The van der Waals surface area contributed by atoms with Crippen LogP contribution in [-0.4, -0.2) is 21.3 Å². The van der Waals surface area contributed by atoms with E-state index in [0.717, 1.165) is 25.5 Å². The molecular formula is C11H22O3S. The van der Waals surface area contributed by atoms with Gasteiger partial charge >= 0.3 is 0 Å². The van der Waals surface area contributed by atoms with E-state index in [0.29, 0.717) is 0 Å². The fourth-order valence-corrected chi connectivity index (χ4v) is 1.58. The highest BCUT2D eigenvalue weighted by Gasteiger charge is 1.98. The molecule has 15 heavy (non-hydrogen) atoms. The van der Waals surface area contributed by atoms with Gasteiger partial charge < -0.3 is 0 Å². The summed E-state index contributed by atoms with van der Waals surface area (Å²) in [5.74, 6) is 0. The van der Waals surface area contributed by atoms with Crippen molar-refractivity contribution in [3.63, 3.8) is 0 Å². The third kappa shape index (κ3) is 13.7. The van der Waals surface area contributed by atoms with Crippen LogP contribution in [-0.2, 0) is 14.3 Å². The number of unbranched alkanes of at least 4 members (excludes halogenated alkanes) is 4. The van der Waals surface area contributed by atoms with Gasteiger partial charge in [-0.15, -0.1) is 0 Å². The predicted octanol–water partition coefficient (Wildman–Crippen LogP) is 2.88. The second kappa shape index (κ2) is 8.92. The summed E-state index contributed by atoms with van der Waals surface area (Å²) < 4.78 is 25.8. The molecule has 0 atom stereocenters. The molecule has 0 saturated heterocycles. The van der Waals surface area contributed by atoms with E-state index >= 15 is 0 Å². The zero-order chi connectivity index (χ0) is 11.6. The van der Waals surface area contributed by atoms with Crippen molar-refractivity contribution < 1.29 is 12.6 Å². The van der Waals surface area contributed by atoms with E-state index < -0.39 is 10.1 Å². The highest BCUT2D eigenvalue weighted by atomic mass is 32.2. The molecule has 0 aliphatic rings. The first-order valence-electron chi connectivity index (χ1n) is 5.55. The lowest BCUT2D eigenvalue weighted by atomic mass is 10.2. The van der Waals surface area contributed by atoms with Crippen molar-refractivity contribution in [1.29, 1.82) is 0 Å². The molecule has 0 rings (SSSR count). The molecule has 90 valence electrons. The van der Waals surface area contributed by atoms with Crippen molar-refractivity contribution in [2.75, 3.05) is 12.9 Å². The van der Waals surface area contributed by atoms with Gasteiger partial charge in [-0.2, -0.15) is 8.42 Å². The summed E-state index contributed by atoms with van der Waals surface area (Å²) >= 11 is 0. The Morgan fingerprint density at radius 1 is 1.07 bits per heavy atom. The van der Waals surface area contributed by atoms with Crippen LogP contribution in [0.4, 0.5) is 0 Å². The summed E-state index contributed by atoms with van der Waals surface area (Å²) in [4.78, 5) is 0. The largest absolute Gasteiger partial charge is 0.270 e. The maximum absolute atomic E-state index is 10.6. The molecule has 0 radical (unpaired) electrons. The van der Waals surface area contributed by atoms with Crippen LogP contribution in [0.5, 0.6) is 0 Å². The minimum absolute atomic E-state index is 0.290. The van der Waals surface area contributed by atoms with E-state index in [9.17, 15) is 8.42 Å². The highest BCUT2D eigenvalue weighted by molar-refractivity contribution is 7.85. The van der Waals surface area contributed by atoms with Gasteiger partial charge in [-0.1, -0.05) is 31.9 Å². The predicted molar refractivity (Wildman–Crippen MR) is 63.3 cm³/mol. The van der Waals surface area contributed by atoms with Crippen molar-refractivity contribution >= 4 is 10.1 Å². The first kappa shape index (κ1) is 14.6. The molecule has 0 spiro atoms.